The van der Waals surface area contributed by atoms with Crippen LogP contribution in [0.4, 0.5) is 0 Å². The Hall–Kier alpha value is -2.99. The van der Waals surface area contributed by atoms with Gasteiger partial charge in [0.25, 0.3) is 5.56 Å². The van der Waals surface area contributed by atoms with Gasteiger partial charge in [-0.3, -0.25) is 4.79 Å². The van der Waals surface area contributed by atoms with Crippen molar-refractivity contribution < 1.29 is 4.74 Å². The lowest BCUT2D eigenvalue weighted by Gasteiger charge is -1.99. The van der Waals surface area contributed by atoms with Crippen LogP contribution in [0.3, 0.4) is 0 Å². The van der Waals surface area contributed by atoms with Crippen molar-refractivity contribution in [2.45, 2.75) is 6.92 Å². The second-order valence-corrected chi connectivity index (χ2v) is 6.70. The van der Waals surface area contributed by atoms with Crippen LogP contribution in [0.1, 0.15) is 11.1 Å². The molecule has 0 atom stereocenters. The third-order valence-corrected chi connectivity index (χ3v) is 4.84. The maximum atomic E-state index is 12.6. The minimum atomic E-state index is -0.159. The molecule has 4 aromatic rings. The molecule has 4 rings (SSSR count). The zero-order valence-corrected chi connectivity index (χ0v) is 14.6. The molecule has 0 aliphatic carbocycles. The summed E-state index contributed by atoms with van der Waals surface area (Å²) < 4.78 is 7.18. The number of hydrogen-bond donors (Lipinski definition) is 0. The molecule has 2 heterocycles. The van der Waals surface area contributed by atoms with Crippen molar-refractivity contribution in [1.29, 1.82) is 0 Å². The number of thiazole rings is 1. The zero-order valence-electron chi connectivity index (χ0n) is 13.8. The average Bonchev–Trinajstić information content (AvgIpc) is 3.16. The van der Waals surface area contributed by atoms with Crippen molar-refractivity contribution >= 4 is 22.4 Å². The summed E-state index contributed by atoms with van der Waals surface area (Å²) in [4.78, 5) is 17.7. The minimum Gasteiger partial charge on any atom is -0.497 e. The Morgan fingerprint density at radius 2 is 1.96 bits per heavy atom. The number of aromatic nitrogens is 3. The number of nitrogens with zero attached hydrogens (tertiary/aromatic N) is 3. The van der Waals surface area contributed by atoms with E-state index >= 15 is 0 Å². The number of ether oxygens (including phenoxy) is 1. The van der Waals surface area contributed by atoms with Crippen LogP contribution in [-0.4, -0.2) is 21.7 Å². The fraction of sp³-hybridized carbons (Fsp3) is 0.105. The molecule has 0 aliphatic heterocycles. The number of fused-ring (bicyclic) bond motifs is 1. The monoisotopic (exact) mass is 349 g/mol. The molecule has 0 radical (unpaired) electrons. The van der Waals surface area contributed by atoms with Crippen LogP contribution in [0, 0.1) is 6.92 Å². The lowest BCUT2D eigenvalue weighted by Crippen LogP contribution is -2.23. The van der Waals surface area contributed by atoms with Gasteiger partial charge in [0.05, 0.1) is 11.6 Å². The van der Waals surface area contributed by atoms with E-state index in [4.69, 9.17) is 4.74 Å². The molecule has 0 saturated heterocycles. The molecular formula is C19H15N3O2S. The number of methoxy groups -OCH3 is 1. The van der Waals surface area contributed by atoms with Crippen LogP contribution >= 0.6 is 11.3 Å². The highest BCUT2D eigenvalue weighted by molar-refractivity contribution is 7.15. The van der Waals surface area contributed by atoms with Crippen LogP contribution in [0.15, 0.2) is 53.3 Å². The molecule has 5 nitrogen and oxygen atoms in total. The van der Waals surface area contributed by atoms with Crippen molar-refractivity contribution in [2.75, 3.05) is 7.11 Å². The van der Waals surface area contributed by atoms with Gasteiger partial charge in [-0.05, 0) is 30.7 Å². The lowest BCUT2D eigenvalue weighted by molar-refractivity contribution is 0.414. The Balaban J connectivity index is 1.79. The van der Waals surface area contributed by atoms with Gasteiger partial charge < -0.3 is 4.74 Å². The molecule has 2 aromatic heterocycles. The first-order valence-corrected chi connectivity index (χ1v) is 8.58. The molecule has 0 fully saturated rings. The number of benzene rings is 2. The predicted octanol–water partition coefficient (Wildman–Crippen LogP) is 2.68. The van der Waals surface area contributed by atoms with E-state index in [1.807, 2.05) is 61.5 Å². The fourth-order valence-electron chi connectivity index (χ4n) is 2.54. The first-order valence-electron chi connectivity index (χ1n) is 7.76. The first-order chi connectivity index (χ1) is 12.1. The van der Waals surface area contributed by atoms with E-state index in [1.165, 1.54) is 21.4 Å². The van der Waals surface area contributed by atoms with Gasteiger partial charge in [-0.1, -0.05) is 53.3 Å². The Labute approximate surface area is 147 Å². The van der Waals surface area contributed by atoms with E-state index in [0.29, 0.717) is 15.3 Å². The van der Waals surface area contributed by atoms with E-state index in [2.05, 4.69) is 10.1 Å². The van der Waals surface area contributed by atoms with Crippen molar-refractivity contribution in [3.8, 4) is 17.1 Å². The summed E-state index contributed by atoms with van der Waals surface area (Å²) in [5.41, 5.74) is 2.82. The molecule has 6 heteroatoms. The summed E-state index contributed by atoms with van der Waals surface area (Å²) in [6.45, 7) is 2.03. The van der Waals surface area contributed by atoms with Crippen molar-refractivity contribution in [1.82, 2.24) is 14.6 Å². The Morgan fingerprint density at radius 1 is 1.16 bits per heavy atom. The van der Waals surface area contributed by atoms with Crippen molar-refractivity contribution in [3.05, 3.63) is 74.5 Å². The summed E-state index contributed by atoms with van der Waals surface area (Å²) in [6, 6.07) is 15.5. The van der Waals surface area contributed by atoms with E-state index in [-0.39, 0.29) is 5.56 Å². The molecule has 2 aromatic carbocycles. The number of aryl methyl sites for hydroxylation is 1. The molecule has 25 heavy (non-hydrogen) atoms. The summed E-state index contributed by atoms with van der Waals surface area (Å²) in [6.07, 6.45) is 1.83. The average molecular weight is 349 g/mol. The fourth-order valence-corrected chi connectivity index (χ4v) is 3.45. The van der Waals surface area contributed by atoms with E-state index < -0.39 is 0 Å². The van der Waals surface area contributed by atoms with E-state index in [9.17, 15) is 4.79 Å². The summed E-state index contributed by atoms with van der Waals surface area (Å²) in [7, 11) is 1.62. The second kappa shape index (κ2) is 6.14. The minimum absolute atomic E-state index is 0.159. The molecule has 0 amide bonds. The van der Waals surface area contributed by atoms with Crippen LogP contribution in [0.5, 0.6) is 5.75 Å². The number of hydrogen-bond acceptors (Lipinski definition) is 5. The lowest BCUT2D eigenvalue weighted by atomic mass is 10.1. The quantitative estimate of drug-likeness (QED) is 0.571. The normalized spacial score (nSPS) is 12.0. The van der Waals surface area contributed by atoms with Gasteiger partial charge in [-0.2, -0.15) is 9.50 Å². The van der Waals surface area contributed by atoms with Crippen LogP contribution in [0.2, 0.25) is 0 Å². The molecule has 0 bridgehead atoms. The Morgan fingerprint density at radius 3 is 2.68 bits per heavy atom. The smallest absolute Gasteiger partial charge is 0.291 e. The second-order valence-electron chi connectivity index (χ2n) is 5.69. The molecule has 0 spiro atoms. The number of rotatable bonds is 3. The molecule has 124 valence electrons. The largest absolute Gasteiger partial charge is 0.497 e. The van der Waals surface area contributed by atoms with Crippen LogP contribution < -0.4 is 14.8 Å². The molecule has 0 unspecified atom stereocenters. The highest BCUT2D eigenvalue weighted by Gasteiger charge is 2.11. The highest BCUT2D eigenvalue weighted by Crippen LogP contribution is 2.17. The SMILES string of the molecule is COc1cccc(C=c2sc3nc(-c4ccc(C)cc4)nn3c2=O)c1. The topological polar surface area (TPSA) is 56.5 Å². The van der Waals surface area contributed by atoms with Crippen molar-refractivity contribution in [3.63, 3.8) is 0 Å². The maximum Gasteiger partial charge on any atom is 0.291 e. The summed E-state index contributed by atoms with van der Waals surface area (Å²) in [5.74, 6) is 1.32. The van der Waals surface area contributed by atoms with Gasteiger partial charge in [0, 0.05) is 5.56 Å². The Bertz CT molecular complexity index is 1160. The molecular weight excluding hydrogens is 334 g/mol. The van der Waals surface area contributed by atoms with Gasteiger partial charge in [0.2, 0.25) is 4.96 Å². The van der Waals surface area contributed by atoms with E-state index in [1.54, 1.807) is 7.11 Å². The van der Waals surface area contributed by atoms with Crippen LogP contribution in [0.25, 0.3) is 22.4 Å². The van der Waals surface area contributed by atoms with Gasteiger partial charge in [0.1, 0.15) is 5.75 Å². The van der Waals surface area contributed by atoms with Gasteiger partial charge in [-0.15, -0.1) is 5.10 Å². The van der Waals surface area contributed by atoms with Gasteiger partial charge in [0.15, 0.2) is 5.82 Å². The first kappa shape index (κ1) is 15.5. The standard InChI is InChI=1S/C19H15N3O2S/c1-12-6-8-14(9-7-12)17-20-19-22(21-17)18(23)16(25-19)11-13-4-3-5-15(10-13)24-2/h3-11H,1-2H3. The van der Waals surface area contributed by atoms with Gasteiger partial charge in [-0.25, -0.2) is 0 Å². The maximum absolute atomic E-state index is 12.6. The predicted molar refractivity (Wildman–Crippen MR) is 99.1 cm³/mol. The van der Waals surface area contributed by atoms with Gasteiger partial charge >= 0.3 is 0 Å². The molecule has 0 saturated carbocycles. The van der Waals surface area contributed by atoms with E-state index in [0.717, 1.165) is 16.9 Å². The Kier molecular flexibility index (Phi) is 3.82. The molecule has 0 aliphatic rings. The molecule has 0 N–H and O–H groups in total. The summed E-state index contributed by atoms with van der Waals surface area (Å²) >= 11 is 1.33. The zero-order chi connectivity index (χ0) is 17.4. The highest BCUT2D eigenvalue weighted by atomic mass is 32.1. The van der Waals surface area contributed by atoms with Crippen LogP contribution in [-0.2, 0) is 0 Å². The summed E-state index contributed by atoms with van der Waals surface area (Å²) in [5, 5.41) is 4.37. The third-order valence-electron chi connectivity index (χ3n) is 3.88. The third kappa shape index (κ3) is 2.92. The van der Waals surface area contributed by atoms with Crippen molar-refractivity contribution in [2.24, 2.45) is 0 Å².